The van der Waals surface area contributed by atoms with E-state index in [4.69, 9.17) is 6.92 Å². The summed E-state index contributed by atoms with van der Waals surface area (Å²) in [5.74, 6) is 0. The smallest absolute Gasteiger partial charge is 0.125 e. The van der Waals surface area contributed by atoms with Gasteiger partial charge in [-0.2, -0.15) is 0 Å². The van der Waals surface area contributed by atoms with Crippen molar-refractivity contribution in [1.29, 1.82) is 0 Å². The number of carbonyl (C=O) groups is 1. The fourth-order valence-electron chi connectivity index (χ4n) is 0.240. The molecule has 0 heterocycles. The Kier molecular flexibility index (Phi) is 3.84. The number of carbonyl (C=O) groups excluding carboxylic acids is 1. The predicted octanol–water partition coefficient (Wildman–Crippen LogP) is 0.289. The van der Waals surface area contributed by atoms with Crippen molar-refractivity contribution in [3.63, 3.8) is 0 Å². The van der Waals surface area contributed by atoms with E-state index in [1.54, 1.807) is 0 Å². The standard InChI is InChI=1S/C5H7NO2/c1-5(3-4-7)6-8-2/h1,4H,3H2,2H3/b6-5-. The van der Waals surface area contributed by atoms with Gasteiger partial charge in [-0.25, -0.2) is 0 Å². The van der Waals surface area contributed by atoms with Gasteiger partial charge in [-0.05, 0) is 0 Å². The van der Waals surface area contributed by atoms with Gasteiger partial charge in [-0.1, -0.05) is 5.16 Å². The van der Waals surface area contributed by atoms with Crippen LogP contribution in [0.2, 0.25) is 0 Å². The molecule has 0 aliphatic rings. The molecule has 0 saturated heterocycles. The van der Waals surface area contributed by atoms with E-state index in [-0.39, 0.29) is 12.1 Å². The molecule has 0 aromatic heterocycles. The van der Waals surface area contributed by atoms with Crippen molar-refractivity contribution in [3.8, 4) is 0 Å². The molecule has 3 nitrogen and oxygen atoms in total. The lowest BCUT2D eigenvalue weighted by Crippen LogP contribution is -1.92. The Morgan fingerprint density at radius 1 is 2.00 bits per heavy atom. The van der Waals surface area contributed by atoms with E-state index in [2.05, 4.69) is 9.99 Å². The number of oxime groups is 1. The molecule has 0 N–H and O–H groups in total. The van der Waals surface area contributed by atoms with Crippen molar-refractivity contribution in [2.45, 2.75) is 6.42 Å². The van der Waals surface area contributed by atoms with E-state index in [9.17, 15) is 4.79 Å². The van der Waals surface area contributed by atoms with Crippen LogP contribution in [0.4, 0.5) is 0 Å². The van der Waals surface area contributed by atoms with Crippen molar-refractivity contribution < 1.29 is 9.63 Å². The van der Waals surface area contributed by atoms with Gasteiger partial charge >= 0.3 is 0 Å². The summed E-state index contributed by atoms with van der Waals surface area (Å²) >= 11 is 0. The van der Waals surface area contributed by atoms with Crippen molar-refractivity contribution in [3.05, 3.63) is 6.92 Å². The first-order valence-electron chi connectivity index (χ1n) is 2.10. The van der Waals surface area contributed by atoms with E-state index >= 15 is 0 Å². The minimum absolute atomic E-state index is 0.133. The molecule has 2 radical (unpaired) electrons. The second kappa shape index (κ2) is 4.30. The van der Waals surface area contributed by atoms with Crippen LogP contribution in [0, 0.1) is 6.92 Å². The van der Waals surface area contributed by atoms with Crippen LogP contribution in [0.3, 0.4) is 0 Å². The number of rotatable bonds is 3. The van der Waals surface area contributed by atoms with Crippen molar-refractivity contribution in [1.82, 2.24) is 0 Å². The van der Waals surface area contributed by atoms with Crippen LogP contribution < -0.4 is 0 Å². The molecule has 0 saturated carbocycles. The Labute approximate surface area is 48.3 Å². The molecule has 0 aromatic carbocycles. The van der Waals surface area contributed by atoms with Crippen LogP contribution in [0.15, 0.2) is 5.16 Å². The van der Waals surface area contributed by atoms with E-state index < -0.39 is 0 Å². The predicted molar refractivity (Wildman–Crippen MR) is 29.4 cm³/mol. The van der Waals surface area contributed by atoms with Gasteiger partial charge in [0.15, 0.2) is 0 Å². The number of hydrogen-bond acceptors (Lipinski definition) is 3. The average molecular weight is 113 g/mol. The van der Waals surface area contributed by atoms with Crippen molar-refractivity contribution in [2.75, 3.05) is 7.11 Å². The van der Waals surface area contributed by atoms with Crippen molar-refractivity contribution in [2.24, 2.45) is 5.16 Å². The third kappa shape index (κ3) is 3.33. The molecule has 0 unspecified atom stereocenters. The maximum absolute atomic E-state index is 9.67. The summed E-state index contributed by atoms with van der Waals surface area (Å²) in [7, 11) is 1.37. The number of hydrogen-bond donors (Lipinski definition) is 0. The zero-order valence-corrected chi connectivity index (χ0v) is 4.63. The lowest BCUT2D eigenvalue weighted by atomic mass is 10.3. The van der Waals surface area contributed by atoms with Gasteiger partial charge in [0.25, 0.3) is 0 Å². The molecule has 0 fully saturated rings. The first kappa shape index (κ1) is 7.14. The van der Waals surface area contributed by atoms with Crippen LogP contribution in [-0.4, -0.2) is 19.1 Å². The Morgan fingerprint density at radius 2 is 2.62 bits per heavy atom. The molecule has 0 aliphatic heterocycles. The van der Waals surface area contributed by atoms with Gasteiger partial charge in [0, 0.05) is 13.3 Å². The summed E-state index contributed by atoms with van der Waals surface area (Å²) in [6.45, 7) is 5.09. The van der Waals surface area contributed by atoms with Crippen LogP contribution in [-0.2, 0) is 9.63 Å². The van der Waals surface area contributed by atoms with Gasteiger partial charge in [0.2, 0.25) is 0 Å². The molecule has 8 heavy (non-hydrogen) atoms. The van der Waals surface area contributed by atoms with Gasteiger partial charge in [-0.15, -0.1) is 0 Å². The van der Waals surface area contributed by atoms with Crippen molar-refractivity contribution >= 4 is 12.0 Å². The highest BCUT2D eigenvalue weighted by molar-refractivity contribution is 5.96. The van der Waals surface area contributed by atoms with E-state index in [1.165, 1.54) is 7.11 Å². The van der Waals surface area contributed by atoms with E-state index in [1.807, 2.05) is 0 Å². The Morgan fingerprint density at radius 3 is 3.00 bits per heavy atom. The summed E-state index contributed by atoms with van der Waals surface area (Å²) in [6.07, 6.45) is 0.797. The summed E-state index contributed by atoms with van der Waals surface area (Å²) in [5.41, 5.74) is 0.197. The zero-order valence-electron chi connectivity index (χ0n) is 4.63. The highest BCUT2D eigenvalue weighted by atomic mass is 16.6. The van der Waals surface area contributed by atoms with Crippen LogP contribution in [0.1, 0.15) is 6.42 Å². The summed E-state index contributed by atoms with van der Waals surface area (Å²) in [5, 5.41) is 3.28. The molecule has 44 valence electrons. The molecule has 0 aromatic rings. The lowest BCUT2D eigenvalue weighted by Gasteiger charge is -1.88. The van der Waals surface area contributed by atoms with Gasteiger partial charge in [0.05, 0.1) is 5.71 Å². The highest BCUT2D eigenvalue weighted by Crippen LogP contribution is 1.80. The normalized spacial score (nSPS) is 11.0. The van der Waals surface area contributed by atoms with Crippen LogP contribution in [0.5, 0.6) is 0 Å². The summed E-state index contributed by atoms with van der Waals surface area (Å²) in [4.78, 5) is 13.9. The topological polar surface area (TPSA) is 38.7 Å². The fourth-order valence-corrected chi connectivity index (χ4v) is 0.240. The molecular formula is C5H7NO2. The van der Waals surface area contributed by atoms with Gasteiger partial charge < -0.3 is 9.63 Å². The summed E-state index contributed by atoms with van der Waals surface area (Å²) in [6, 6.07) is 0. The molecular weight excluding hydrogens is 106 g/mol. The fraction of sp³-hybridized carbons (Fsp3) is 0.400. The van der Waals surface area contributed by atoms with Crippen LogP contribution >= 0.6 is 0 Å². The average Bonchev–Trinajstić information content (AvgIpc) is 1.68. The maximum atomic E-state index is 9.67. The summed E-state index contributed by atoms with van der Waals surface area (Å²) < 4.78 is 0. The van der Waals surface area contributed by atoms with E-state index in [0.717, 1.165) is 0 Å². The molecule has 0 rings (SSSR count). The van der Waals surface area contributed by atoms with Crippen LogP contribution in [0.25, 0.3) is 0 Å². The second-order valence-corrected chi connectivity index (χ2v) is 1.14. The molecule has 0 spiro atoms. The molecule has 3 heteroatoms. The Balaban J connectivity index is 3.44. The van der Waals surface area contributed by atoms with E-state index in [0.29, 0.717) is 6.29 Å². The third-order valence-corrected chi connectivity index (χ3v) is 0.501. The number of aldehydes is 1. The maximum Gasteiger partial charge on any atom is 0.125 e. The first-order chi connectivity index (χ1) is 3.81. The van der Waals surface area contributed by atoms with Gasteiger partial charge in [-0.3, -0.25) is 0 Å². The lowest BCUT2D eigenvalue weighted by molar-refractivity contribution is -0.106. The quantitative estimate of drug-likeness (QED) is 0.300. The second-order valence-electron chi connectivity index (χ2n) is 1.14. The molecule has 0 amide bonds. The third-order valence-electron chi connectivity index (χ3n) is 0.501. The SMILES string of the molecule is [CH]/C(CC=O)=N/OC. The zero-order chi connectivity index (χ0) is 6.41. The first-order valence-corrected chi connectivity index (χ1v) is 2.10. The largest absolute Gasteiger partial charge is 0.399 e. The minimum Gasteiger partial charge on any atom is -0.399 e. The molecule has 0 bridgehead atoms. The highest BCUT2D eigenvalue weighted by Gasteiger charge is 1.86. The number of nitrogens with zero attached hydrogens (tertiary/aromatic N) is 1. The molecule has 0 atom stereocenters. The van der Waals surface area contributed by atoms with Gasteiger partial charge in [0.1, 0.15) is 13.4 Å². The monoisotopic (exact) mass is 113 g/mol. The molecule has 0 aliphatic carbocycles. The Bertz CT molecular complexity index is 98.6. The Hall–Kier alpha value is -0.860. The minimum atomic E-state index is 0.133.